The molecule has 3 aromatic rings. The zero-order chi connectivity index (χ0) is 18.9. The van der Waals surface area contributed by atoms with Crippen LogP contribution in [-0.4, -0.2) is 26.1 Å². The number of ether oxygens (including phenoxy) is 1. The maximum absolute atomic E-state index is 12.8. The SMILES string of the molecule is COc1ccc(S(=O)(=O)NC(C)(C)Cc2c[nH]c3ccccc23)cc1Cl. The summed E-state index contributed by atoms with van der Waals surface area (Å²) in [6.07, 6.45) is 2.46. The van der Waals surface area contributed by atoms with Crippen LogP contribution in [0.1, 0.15) is 19.4 Å². The van der Waals surface area contributed by atoms with E-state index in [4.69, 9.17) is 16.3 Å². The van der Waals surface area contributed by atoms with Gasteiger partial charge in [-0.05, 0) is 50.1 Å². The van der Waals surface area contributed by atoms with Gasteiger partial charge in [0.1, 0.15) is 5.75 Å². The van der Waals surface area contributed by atoms with Gasteiger partial charge >= 0.3 is 0 Å². The Labute approximate surface area is 158 Å². The first-order valence-electron chi connectivity index (χ1n) is 8.14. The van der Waals surface area contributed by atoms with E-state index in [0.717, 1.165) is 16.5 Å². The Morgan fingerprint density at radius 1 is 1.19 bits per heavy atom. The van der Waals surface area contributed by atoms with Crippen LogP contribution in [0, 0.1) is 0 Å². The highest BCUT2D eigenvalue weighted by Crippen LogP contribution is 2.28. The Bertz CT molecular complexity index is 1040. The molecule has 0 spiro atoms. The molecule has 1 aromatic heterocycles. The van der Waals surface area contributed by atoms with Gasteiger partial charge in [-0.3, -0.25) is 0 Å². The number of methoxy groups -OCH3 is 1. The Hall–Kier alpha value is -2.02. The molecule has 3 rings (SSSR count). The average Bonchev–Trinajstić information content (AvgIpc) is 2.96. The molecule has 1 heterocycles. The number of hydrogen-bond donors (Lipinski definition) is 2. The van der Waals surface area contributed by atoms with E-state index >= 15 is 0 Å². The van der Waals surface area contributed by atoms with Gasteiger partial charge in [0.25, 0.3) is 0 Å². The average molecular weight is 393 g/mol. The topological polar surface area (TPSA) is 71.2 Å². The quantitative estimate of drug-likeness (QED) is 0.662. The predicted molar refractivity (Wildman–Crippen MR) is 104 cm³/mol. The van der Waals surface area contributed by atoms with Crippen LogP contribution >= 0.6 is 11.6 Å². The largest absolute Gasteiger partial charge is 0.495 e. The number of halogens is 1. The smallest absolute Gasteiger partial charge is 0.241 e. The van der Waals surface area contributed by atoms with Gasteiger partial charge in [0.15, 0.2) is 0 Å². The molecule has 0 aliphatic heterocycles. The van der Waals surface area contributed by atoms with Gasteiger partial charge in [-0.15, -0.1) is 0 Å². The van der Waals surface area contributed by atoms with Gasteiger partial charge < -0.3 is 9.72 Å². The van der Waals surface area contributed by atoms with Crippen LogP contribution in [0.4, 0.5) is 0 Å². The van der Waals surface area contributed by atoms with Gasteiger partial charge in [0, 0.05) is 22.6 Å². The van der Waals surface area contributed by atoms with Crippen LogP contribution in [-0.2, 0) is 16.4 Å². The van der Waals surface area contributed by atoms with Crippen LogP contribution < -0.4 is 9.46 Å². The van der Waals surface area contributed by atoms with Crippen molar-refractivity contribution in [3.05, 3.63) is 59.2 Å². The lowest BCUT2D eigenvalue weighted by Gasteiger charge is -2.26. The lowest BCUT2D eigenvalue weighted by Crippen LogP contribution is -2.44. The fourth-order valence-electron chi connectivity index (χ4n) is 3.03. The van der Waals surface area contributed by atoms with Crippen molar-refractivity contribution in [1.82, 2.24) is 9.71 Å². The molecule has 0 aliphatic rings. The molecule has 0 amide bonds. The molecular weight excluding hydrogens is 372 g/mol. The third kappa shape index (κ3) is 3.87. The molecule has 138 valence electrons. The molecular formula is C19H21ClN2O3S. The summed E-state index contributed by atoms with van der Waals surface area (Å²) in [7, 11) is -2.24. The molecule has 2 aromatic carbocycles. The minimum absolute atomic E-state index is 0.107. The number of benzene rings is 2. The molecule has 0 radical (unpaired) electrons. The molecule has 0 aliphatic carbocycles. The number of rotatable bonds is 6. The van der Waals surface area contributed by atoms with E-state index in [1.54, 1.807) is 6.07 Å². The fraction of sp³-hybridized carbons (Fsp3) is 0.263. The van der Waals surface area contributed by atoms with E-state index in [2.05, 4.69) is 9.71 Å². The highest BCUT2D eigenvalue weighted by molar-refractivity contribution is 7.89. The van der Waals surface area contributed by atoms with Gasteiger partial charge in [0.05, 0.1) is 17.0 Å². The van der Waals surface area contributed by atoms with Crippen LogP contribution in [0.5, 0.6) is 5.75 Å². The molecule has 0 unspecified atom stereocenters. The molecule has 0 fully saturated rings. The second kappa shape index (κ2) is 6.95. The van der Waals surface area contributed by atoms with Gasteiger partial charge in [-0.1, -0.05) is 29.8 Å². The summed E-state index contributed by atoms with van der Waals surface area (Å²) in [5.41, 5.74) is 1.40. The summed E-state index contributed by atoms with van der Waals surface area (Å²) in [6.45, 7) is 3.72. The monoisotopic (exact) mass is 392 g/mol. The highest BCUT2D eigenvalue weighted by Gasteiger charge is 2.28. The van der Waals surface area contributed by atoms with Crippen molar-refractivity contribution in [2.75, 3.05) is 7.11 Å². The van der Waals surface area contributed by atoms with E-state index in [1.165, 1.54) is 19.2 Å². The van der Waals surface area contributed by atoms with E-state index in [1.807, 2.05) is 44.3 Å². The summed E-state index contributed by atoms with van der Waals surface area (Å²) in [5.74, 6) is 0.434. The highest BCUT2D eigenvalue weighted by atomic mass is 35.5. The summed E-state index contributed by atoms with van der Waals surface area (Å²) < 4.78 is 33.4. The minimum Gasteiger partial charge on any atom is -0.495 e. The number of sulfonamides is 1. The Balaban J connectivity index is 1.84. The van der Waals surface area contributed by atoms with Gasteiger partial charge in [-0.2, -0.15) is 0 Å². The van der Waals surface area contributed by atoms with E-state index in [0.29, 0.717) is 12.2 Å². The second-order valence-electron chi connectivity index (χ2n) is 6.82. The van der Waals surface area contributed by atoms with E-state index in [-0.39, 0.29) is 9.92 Å². The van der Waals surface area contributed by atoms with Crippen molar-refractivity contribution in [2.45, 2.75) is 30.7 Å². The predicted octanol–water partition coefficient (Wildman–Crippen LogP) is 4.13. The Morgan fingerprint density at radius 2 is 1.92 bits per heavy atom. The molecule has 2 N–H and O–H groups in total. The zero-order valence-corrected chi connectivity index (χ0v) is 16.4. The molecule has 7 heteroatoms. The van der Waals surface area contributed by atoms with Crippen molar-refractivity contribution in [2.24, 2.45) is 0 Å². The number of para-hydroxylation sites is 1. The zero-order valence-electron chi connectivity index (χ0n) is 14.8. The summed E-state index contributed by atoms with van der Waals surface area (Å²) in [4.78, 5) is 3.32. The van der Waals surface area contributed by atoms with Crippen LogP contribution in [0.3, 0.4) is 0 Å². The maximum Gasteiger partial charge on any atom is 0.241 e. The standard InChI is InChI=1S/C19H21ClN2O3S/c1-19(2,11-13-12-21-17-7-5-4-6-15(13)17)22-26(23,24)14-8-9-18(25-3)16(20)10-14/h4-10,12,21-22H,11H2,1-3H3. The number of H-pyrrole nitrogens is 1. The van der Waals surface area contributed by atoms with Crippen molar-refractivity contribution < 1.29 is 13.2 Å². The number of fused-ring (bicyclic) bond motifs is 1. The maximum atomic E-state index is 12.8. The third-order valence-electron chi connectivity index (χ3n) is 4.15. The lowest BCUT2D eigenvalue weighted by molar-refractivity contribution is 0.414. The van der Waals surface area contributed by atoms with Crippen LogP contribution in [0.25, 0.3) is 10.9 Å². The van der Waals surface area contributed by atoms with Crippen LogP contribution in [0.2, 0.25) is 5.02 Å². The number of aromatic amines is 1. The fourth-order valence-corrected chi connectivity index (χ4v) is 4.79. The number of nitrogens with one attached hydrogen (secondary N) is 2. The van der Waals surface area contributed by atoms with Crippen molar-refractivity contribution in [1.29, 1.82) is 0 Å². The number of aromatic nitrogens is 1. The molecule has 0 atom stereocenters. The van der Waals surface area contributed by atoms with Crippen molar-refractivity contribution in [3.63, 3.8) is 0 Å². The Morgan fingerprint density at radius 3 is 2.62 bits per heavy atom. The normalized spacial score (nSPS) is 12.5. The summed E-state index contributed by atoms with van der Waals surface area (Å²) in [6, 6.07) is 12.4. The molecule has 0 saturated heterocycles. The molecule has 5 nitrogen and oxygen atoms in total. The van der Waals surface area contributed by atoms with Crippen molar-refractivity contribution in [3.8, 4) is 5.75 Å². The minimum atomic E-state index is -3.72. The first-order valence-corrected chi connectivity index (χ1v) is 10.0. The summed E-state index contributed by atoms with van der Waals surface area (Å²) in [5, 5.41) is 1.34. The lowest BCUT2D eigenvalue weighted by atomic mass is 9.96. The number of hydrogen-bond acceptors (Lipinski definition) is 3. The Kier molecular flexibility index (Phi) is 5.01. The summed E-state index contributed by atoms with van der Waals surface area (Å²) >= 11 is 6.07. The van der Waals surface area contributed by atoms with Gasteiger partial charge in [0.2, 0.25) is 10.0 Å². The third-order valence-corrected chi connectivity index (χ3v) is 6.14. The first-order chi connectivity index (χ1) is 12.2. The van der Waals surface area contributed by atoms with E-state index in [9.17, 15) is 8.42 Å². The van der Waals surface area contributed by atoms with Gasteiger partial charge in [-0.25, -0.2) is 13.1 Å². The molecule has 0 bridgehead atoms. The molecule has 0 saturated carbocycles. The van der Waals surface area contributed by atoms with Crippen LogP contribution in [0.15, 0.2) is 53.6 Å². The second-order valence-corrected chi connectivity index (χ2v) is 8.91. The first kappa shape index (κ1) is 18.8. The van der Waals surface area contributed by atoms with Crippen molar-refractivity contribution >= 4 is 32.5 Å². The van der Waals surface area contributed by atoms with E-state index < -0.39 is 15.6 Å². The molecule has 26 heavy (non-hydrogen) atoms.